The molecule has 0 saturated heterocycles. The number of likely N-dealkylation sites (N-methyl/N-ethyl adjacent to an activating group) is 1. The molecule has 1 aromatic heterocycles. The van der Waals surface area contributed by atoms with Crippen molar-refractivity contribution in [2.75, 3.05) is 7.05 Å². The summed E-state index contributed by atoms with van der Waals surface area (Å²) in [7, 11) is 1.75. The summed E-state index contributed by atoms with van der Waals surface area (Å²) in [5.74, 6) is 0.105. The standard InChI is InChI=1S/C16H23ClN2O2/c1-10(2)12-8-11(9-15(17)18-12)16(21)19(3)13-6-4-5-7-14(13)20/h8-10,13-14,20H,4-7H2,1-3H3. The molecule has 1 aliphatic rings. The van der Waals surface area contributed by atoms with Crippen LogP contribution in [0.5, 0.6) is 0 Å². The van der Waals surface area contributed by atoms with E-state index in [0.29, 0.717) is 10.7 Å². The van der Waals surface area contributed by atoms with Gasteiger partial charge in [0.1, 0.15) is 5.15 Å². The Hall–Kier alpha value is -1.13. The molecule has 116 valence electrons. The maximum absolute atomic E-state index is 12.6. The van der Waals surface area contributed by atoms with Crippen molar-refractivity contribution in [3.8, 4) is 0 Å². The Morgan fingerprint density at radius 1 is 1.38 bits per heavy atom. The van der Waals surface area contributed by atoms with Crippen LogP contribution in [0.15, 0.2) is 12.1 Å². The first-order valence-corrected chi connectivity index (χ1v) is 7.90. The van der Waals surface area contributed by atoms with Crippen LogP contribution in [0.4, 0.5) is 0 Å². The maximum Gasteiger partial charge on any atom is 0.254 e. The van der Waals surface area contributed by atoms with E-state index < -0.39 is 6.10 Å². The van der Waals surface area contributed by atoms with E-state index in [1.807, 2.05) is 13.8 Å². The largest absolute Gasteiger partial charge is 0.391 e. The summed E-state index contributed by atoms with van der Waals surface area (Å²) in [6.45, 7) is 4.03. The third-order valence-corrected chi connectivity index (χ3v) is 4.36. The Morgan fingerprint density at radius 2 is 2.05 bits per heavy atom. The van der Waals surface area contributed by atoms with E-state index in [1.165, 1.54) is 0 Å². The normalized spacial score (nSPS) is 22.4. The van der Waals surface area contributed by atoms with Crippen LogP contribution in [0.2, 0.25) is 5.15 Å². The van der Waals surface area contributed by atoms with E-state index >= 15 is 0 Å². The van der Waals surface area contributed by atoms with Crippen LogP contribution >= 0.6 is 11.6 Å². The summed E-state index contributed by atoms with van der Waals surface area (Å²) >= 11 is 6.03. The number of rotatable bonds is 3. The highest BCUT2D eigenvalue weighted by Gasteiger charge is 2.30. The van der Waals surface area contributed by atoms with E-state index in [1.54, 1.807) is 24.1 Å². The lowest BCUT2D eigenvalue weighted by Gasteiger charge is -2.35. The van der Waals surface area contributed by atoms with Gasteiger partial charge in [-0.05, 0) is 30.9 Å². The SMILES string of the molecule is CC(C)c1cc(C(=O)N(C)C2CCCCC2O)cc(Cl)n1. The second-order valence-electron chi connectivity index (χ2n) is 6.09. The third-order valence-electron chi connectivity index (χ3n) is 4.16. The zero-order valence-electron chi connectivity index (χ0n) is 12.8. The quantitative estimate of drug-likeness (QED) is 0.872. The summed E-state index contributed by atoms with van der Waals surface area (Å²) in [5.41, 5.74) is 1.35. The Morgan fingerprint density at radius 3 is 2.67 bits per heavy atom. The molecule has 4 nitrogen and oxygen atoms in total. The molecule has 2 unspecified atom stereocenters. The fraction of sp³-hybridized carbons (Fsp3) is 0.625. The van der Waals surface area contributed by atoms with E-state index in [9.17, 15) is 9.90 Å². The van der Waals surface area contributed by atoms with Crippen LogP contribution in [0.3, 0.4) is 0 Å². The number of amides is 1. The summed E-state index contributed by atoms with van der Waals surface area (Å²) < 4.78 is 0. The second kappa shape index (κ2) is 6.75. The van der Waals surface area contributed by atoms with Gasteiger partial charge in [0.2, 0.25) is 0 Å². The number of carbonyl (C=O) groups is 1. The lowest BCUT2D eigenvalue weighted by molar-refractivity contribution is 0.0268. The fourth-order valence-corrected chi connectivity index (χ4v) is 3.05. The molecule has 5 heteroatoms. The number of hydrogen-bond donors (Lipinski definition) is 1. The van der Waals surface area contributed by atoms with Crippen molar-refractivity contribution in [3.63, 3.8) is 0 Å². The smallest absolute Gasteiger partial charge is 0.254 e. The Balaban J connectivity index is 2.22. The van der Waals surface area contributed by atoms with Crippen molar-refractivity contribution in [1.29, 1.82) is 0 Å². The highest BCUT2D eigenvalue weighted by atomic mass is 35.5. The molecule has 1 aliphatic carbocycles. The third kappa shape index (κ3) is 3.74. The number of hydrogen-bond acceptors (Lipinski definition) is 3. The van der Waals surface area contributed by atoms with Gasteiger partial charge in [-0.1, -0.05) is 38.3 Å². The van der Waals surface area contributed by atoms with Crippen molar-refractivity contribution in [1.82, 2.24) is 9.88 Å². The van der Waals surface area contributed by atoms with Crippen LogP contribution in [0.1, 0.15) is 61.5 Å². The zero-order chi connectivity index (χ0) is 15.6. The summed E-state index contributed by atoms with van der Waals surface area (Å²) in [5, 5.41) is 10.4. The molecule has 0 spiro atoms. The van der Waals surface area contributed by atoms with Crippen LogP contribution in [0, 0.1) is 0 Å². The summed E-state index contributed by atoms with van der Waals surface area (Å²) in [6, 6.07) is 3.28. The molecule has 0 radical (unpaired) electrons. The minimum absolute atomic E-state index is 0.104. The minimum atomic E-state index is -0.436. The Labute approximate surface area is 131 Å². The number of aliphatic hydroxyl groups excluding tert-OH is 1. The first-order chi connectivity index (χ1) is 9.90. The number of pyridine rings is 1. The molecule has 1 N–H and O–H groups in total. The van der Waals surface area contributed by atoms with Gasteiger partial charge in [0.25, 0.3) is 5.91 Å². The molecule has 21 heavy (non-hydrogen) atoms. The maximum atomic E-state index is 12.6. The van der Waals surface area contributed by atoms with Gasteiger partial charge in [-0.2, -0.15) is 0 Å². The van der Waals surface area contributed by atoms with Crippen molar-refractivity contribution >= 4 is 17.5 Å². The average Bonchev–Trinajstić information content (AvgIpc) is 2.45. The molecule has 1 heterocycles. The molecule has 2 rings (SSSR count). The highest BCUT2D eigenvalue weighted by Crippen LogP contribution is 2.25. The fourth-order valence-electron chi connectivity index (χ4n) is 2.83. The second-order valence-corrected chi connectivity index (χ2v) is 6.48. The average molecular weight is 311 g/mol. The molecular formula is C16H23ClN2O2. The minimum Gasteiger partial charge on any atom is -0.391 e. The van der Waals surface area contributed by atoms with Crippen molar-refractivity contribution in [2.24, 2.45) is 0 Å². The molecule has 1 fully saturated rings. The molecule has 1 amide bonds. The van der Waals surface area contributed by atoms with E-state index in [2.05, 4.69) is 4.98 Å². The van der Waals surface area contributed by atoms with Gasteiger partial charge in [0.05, 0.1) is 12.1 Å². The van der Waals surface area contributed by atoms with Crippen LogP contribution in [-0.4, -0.2) is 40.1 Å². The van der Waals surface area contributed by atoms with Crippen LogP contribution in [0.25, 0.3) is 0 Å². The predicted molar refractivity (Wildman–Crippen MR) is 83.7 cm³/mol. The Bertz CT molecular complexity index is 519. The lowest BCUT2D eigenvalue weighted by atomic mass is 9.91. The number of nitrogens with zero attached hydrogens (tertiary/aromatic N) is 2. The molecule has 0 bridgehead atoms. The number of halogens is 1. The molecule has 0 aliphatic heterocycles. The summed E-state index contributed by atoms with van der Waals surface area (Å²) in [6.07, 6.45) is 3.25. The van der Waals surface area contributed by atoms with Crippen molar-refractivity contribution in [2.45, 2.75) is 57.6 Å². The van der Waals surface area contributed by atoms with Gasteiger partial charge in [-0.3, -0.25) is 4.79 Å². The number of carbonyl (C=O) groups excluding carboxylic acids is 1. The van der Waals surface area contributed by atoms with Crippen molar-refractivity contribution < 1.29 is 9.90 Å². The monoisotopic (exact) mass is 310 g/mol. The highest BCUT2D eigenvalue weighted by molar-refractivity contribution is 6.29. The van der Waals surface area contributed by atoms with Gasteiger partial charge in [0, 0.05) is 18.3 Å². The molecule has 2 atom stereocenters. The van der Waals surface area contributed by atoms with Crippen molar-refractivity contribution in [3.05, 3.63) is 28.5 Å². The van der Waals surface area contributed by atoms with Gasteiger partial charge < -0.3 is 10.0 Å². The molecule has 0 aromatic carbocycles. The number of aromatic nitrogens is 1. The van der Waals surface area contributed by atoms with Gasteiger partial charge >= 0.3 is 0 Å². The predicted octanol–water partition coefficient (Wildman–Crippen LogP) is 3.23. The zero-order valence-corrected chi connectivity index (χ0v) is 13.6. The molecule has 1 aromatic rings. The van der Waals surface area contributed by atoms with Crippen LogP contribution in [-0.2, 0) is 0 Å². The lowest BCUT2D eigenvalue weighted by Crippen LogP contribution is -2.46. The van der Waals surface area contributed by atoms with E-state index in [-0.39, 0.29) is 17.9 Å². The van der Waals surface area contributed by atoms with E-state index in [0.717, 1.165) is 31.4 Å². The number of aliphatic hydroxyl groups is 1. The van der Waals surface area contributed by atoms with E-state index in [4.69, 9.17) is 11.6 Å². The Kier molecular flexibility index (Phi) is 5.22. The molecule has 1 saturated carbocycles. The van der Waals surface area contributed by atoms with Gasteiger partial charge in [0.15, 0.2) is 0 Å². The topological polar surface area (TPSA) is 53.4 Å². The summed E-state index contributed by atoms with van der Waals surface area (Å²) in [4.78, 5) is 18.5. The first-order valence-electron chi connectivity index (χ1n) is 7.53. The molecular weight excluding hydrogens is 288 g/mol. The van der Waals surface area contributed by atoms with Gasteiger partial charge in [-0.15, -0.1) is 0 Å². The first kappa shape index (κ1) is 16.2. The van der Waals surface area contributed by atoms with Crippen LogP contribution < -0.4 is 0 Å². The van der Waals surface area contributed by atoms with Gasteiger partial charge in [-0.25, -0.2) is 4.98 Å².